The number of phenols is 1. The highest BCUT2D eigenvalue weighted by Gasteiger charge is 2.50. The highest BCUT2D eigenvalue weighted by Crippen LogP contribution is 2.40. The van der Waals surface area contributed by atoms with E-state index >= 15 is 0 Å². The number of furan rings is 1. The Morgan fingerprint density at radius 1 is 1.23 bits per heavy atom. The topological polar surface area (TPSA) is 124 Å². The zero-order valence-corrected chi connectivity index (χ0v) is 20.4. The van der Waals surface area contributed by atoms with Crippen LogP contribution in [0.4, 0.5) is 18.9 Å². The molecule has 2 aromatic rings. The number of carbonyl (C=O) groups excluding carboxylic acids is 1. The van der Waals surface area contributed by atoms with Crippen molar-refractivity contribution in [3.05, 3.63) is 58.0 Å². The number of phenolic OH excluding ortho intramolecular Hbond substituents is 1. The molecule has 0 spiro atoms. The largest absolute Gasteiger partial charge is 0.505 e. The van der Waals surface area contributed by atoms with Crippen LogP contribution in [0.3, 0.4) is 0 Å². The first kappa shape index (κ1) is 26.1. The first-order chi connectivity index (χ1) is 16.1. The summed E-state index contributed by atoms with van der Waals surface area (Å²) < 4.78 is 75.4. The summed E-state index contributed by atoms with van der Waals surface area (Å²) in [6.45, 7) is 5.30. The maximum atomic E-state index is 13.9. The molecule has 190 valence electrons. The van der Waals surface area contributed by atoms with E-state index in [0.717, 1.165) is 5.56 Å². The number of carbonyl (C=O) groups is 1. The van der Waals surface area contributed by atoms with Crippen molar-refractivity contribution in [2.75, 3.05) is 19.4 Å². The zero-order valence-electron chi connectivity index (χ0n) is 19.6. The minimum absolute atomic E-state index is 0.187. The summed E-state index contributed by atoms with van der Waals surface area (Å²) in [5, 5.41) is 15.7. The Kier molecular flexibility index (Phi) is 6.93. The van der Waals surface area contributed by atoms with Gasteiger partial charge in [0.25, 0.3) is 15.9 Å². The van der Waals surface area contributed by atoms with E-state index in [4.69, 9.17) is 4.42 Å². The van der Waals surface area contributed by atoms with Gasteiger partial charge in [-0.2, -0.15) is 21.6 Å². The standard InChI is InChI=1S/C22H25F3N4O5S/c1-11(2)16(15-9-12(3)10-34-15)27-20-17(19(22(23,24)25)35(32,33)28-20)26-14-8-6-7-13(18(14)30)21(31)29(4)5/h6-11,16,26,30H,1-5H3,(H,27,28)/t16-/m1/s1. The fraction of sp³-hybridized carbons (Fsp3) is 0.364. The normalized spacial score (nSPS) is 16.3. The van der Waals surface area contributed by atoms with Crippen LogP contribution in [-0.2, 0) is 10.0 Å². The molecule has 3 N–H and O–H groups in total. The van der Waals surface area contributed by atoms with E-state index in [9.17, 15) is 31.5 Å². The fourth-order valence-corrected chi connectivity index (χ4v) is 4.65. The van der Waals surface area contributed by atoms with Gasteiger partial charge in [0.2, 0.25) is 0 Å². The predicted octanol–water partition coefficient (Wildman–Crippen LogP) is 3.91. The number of amidine groups is 1. The second kappa shape index (κ2) is 9.29. The number of allylic oxidation sites excluding steroid dienone is 1. The van der Waals surface area contributed by atoms with E-state index < -0.39 is 50.3 Å². The van der Waals surface area contributed by atoms with Crippen LogP contribution in [0.2, 0.25) is 0 Å². The number of aryl methyl sites for hydroxylation is 1. The predicted molar refractivity (Wildman–Crippen MR) is 123 cm³/mol. The van der Waals surface area contributed by atoms with Crippen molar-refractivity contribution in [3.8, 4) is 5.75 Å². The van der Waals surface area contributed by atoms with E-state index in [2.05, 4.69) is 15.0 Å². The summed E-state index contributed by atoms with van der Waals surface area (Å²) in [4.78, 5) is 11.6. The third-order valence-electron chi connectivity index (χ3n) is 5.14. The Labute approximate surface area is 200 Å². The van der Waals surface area contributed by atoms with Gasteiger partial charge in [-0.3, -0.25) is 4.79 Å². The number of rotatable bonds is 6. The van der Waals surface area contributed by atoms with Gasteiger partial charge in [-0.15, -0.1) is 4.40 Å². The van der Waals surface area contributed by atoms with Crippen molar-refractivity contribution in [2.45, 2.75) is 33.0 Å². The smallest absolute Gasteiger partial charge is 0.431 e. The van der Waals surface area contributed by atoms with Gasteiger partial charge in [-0.05, 0) is 36.6 Å². The maximum absolute atomic E-state index is 13.9. The number of sulfonamides is 1. The fourth-order valence-electron chi connectivity index (χ4n) is 3.47. The summed E-state index contributed by atoms with van der Waals surface area (Å²) in [6, 6.07) is 4.78. The number of hydrogen-bond acceptors (Lipinski definition) is 7. The van der Waals surface area contributed by atoms with Gasteiger partial charge in [0.15, 0.2) is 16.5 Å². The highest BCUT2D eigenvalue weighted by atomic mass is 32.2. The van der Waals surface area contributed by atoms with E-state index in [1.165, 1.54) is 43.5 Å². The molecule has 1 aliphatic rings. The van der Waals surface area contributed by atoms with Crippen molar-refractivity contribution in [1.29, 1.82) is 0 Å². The Morgan fingerprint density at radius 3 is 2.40 bits per heavy atom. The lowest BCUT2D eigenvalue weighted by molar-refractivity contribution is -0.0847. The lowest BCUT2D eigenvalue weighted by Gasteiger charge is -2.23. The van der Waals surface area contributed by atoms with Gasteiger partial charge in [0.05, 0.1) is 23.6 Å². The number of alkyl halides is 3. The van der Waals surface area contributed by atoms with Gasteiger partial charge in [0, 0.05) is 14.1 Å². The number of aromatic hydroxyl groups is 1. The van der Waals surface area contributed by atoms with E-state index in [1.54, 1.807) is 26.8 Å². The molecule has 1 aliphatic heterocycles. The third-order valence-corrected chi connectivity index (χ3v) is 6.51. The first-order valence-corrected chi connectivity index (χ1v) is 11.9. The first-order valence-electron chi connectivity index (χ1n) is 10.4. The second-order valence-electron chi connectivity index (χ2n) is 8.54. The molecule has 0 fully saturated rings. The minimum Gasteiger partial charge on any atom is -0.505 e. The van der Waals surface area contributed by atoms with Gasteiger partial charge in [-0.25, -0.2) is 0 Å². The molecule has 3 rings (SSSR count). The number of para-hydroxylation sites is 1. The number of amides is 1. The van der Waals surface area contributed by atoms with Crippen molar-refractivity contribution in [1.82, 2.24) is 10.2 Å². The molecule has 1 atom stereocenters. The summed E-state index contributed by atoms with van der Waals surface area (Å²) >= 11 is 0. The lowest BCUT2D eigenvalue weighted by atomic mass is 10.0. The maximum Gasteiger partial charge on any atom is 0.431 e. The van der Waals surface area contributed by atoms with Gasteiger partial charge in [0.1, 0.15) is 11.5 Å². The summed E-state index contributed by atoms with van der Waals surface area (Å²) in [7, 11) is -2.26. The van der Waals surface area contributed by atoms with Crippen molar-refractivity contribution in [2.24, 2.45) is 10.3 Å². The van der Waals surface area contributed by atoms with Gasteiger partial charge in [-0.1, -0.05) is 19.9 Å². The molecule has 0 unspecified atom stereocenters. The number of anilines is 1. The van der Waals surface area contributed by atoms with Crippen LogP contribution < -0.4 is 10.6 Å². The van der Waals surface area contributed by atoms with Crippen LogP contribution in [-0.4, -0.2) is 50.4 Å². The SMILES string of the molecule is Cc1coc([C@H](NC2=NS(=O)(=O)C(C(F)(F)F)=C2Nc2cccc(C(=O)N(C)C)c2O)C(C)C)c1. The molecular formula is C22H25F3N4O5S. The molecule has 0 bridgehead atoms. The molecule has 13 heteroatoms. The average molecular weight is 515 g/mol. The molecule has 1 aromatic heterocycles. The van der Waals surface area contributed by atoms with Crippen LogP contribution in [0.15, 0.2) is 49.9 Å². The zero-order chi connectivity index (χ0) is 26.3. The minimum atomic E-state index is -5.30. The summed E-state index contributed by atoms with van der Waals surface area (Å²) in [6.07, 6.45) is -3.84. The number of hydrogen-bond donors (Lipinski definition) is 3. The lowest BCUT2D eigenvalue weighted by Crippen LogP contribution is -2.34. The molecule has 1 aromatic carbocycles. The monoisotopic (exact) mass is 514 g/mol. The molecule has 2 heterocycles. The summed E-state index contributed by atoms with van der Waals surface area (Å²) in [5.74, 6) is -1.72. The van der Waals surface area contributed by atoms with E-state index in [-0.39, 0.29) is 17.2 Å². The van der Waals surface area contributed by atoms with Crippen molar-refractivity contribution >= 4 is 27.5 Å². The molecule has 9 nitrogen and oxygen atoms in total. The number of nitrogens with zero attached hydrogens (tertiary/aromatic N) is 2. The highest BCUT2D eigenvalue weighted by molar-refractivity contribution is 7.94. The Bertz CT molecular complexity index is 1310. The molecule has 1 amide bonds. The Hall–Kier alpha value is -3.48. The summed E-state index contributed by atoms with van der Waals surface area (Å²) in [5.41, 5.74) is -0.634. The van der Waals surface area contributed by atoms with Crippen LogP contribution in [0, 0.1) is 12.8 Å². The second-order valence-corrected chi connectivity index (χ2v) is 10.1. The van der Waals surface area contributed by atoms with Gasteiger partial charge < -0.3 is 25.1 Å². The molecule has 35 heavy (non-hydrogen) atoms. The van der Waals surface area contributed by atoms with Crippen molar-refractivity contribution in [3.63, 3.8) is 0 Å². The van der Waals surface area contributed by atoms with Crippen LogP contribution in [0.25, 0.3) is 0 Å². The van der Waals surface area contributed by atoms with Gasteiger partial charge >= 0.3 is 6.18 Å². The Morgan fingerprint density at radius 2 is 1.89 bits per heavy atom. The average Bonchev–Trinajstić information content (AvgIpc) is 3.26. The molecule has 0 saturated carbocycles. The molecular weight excluding hydrogens is 489 g/mol. The number of benzene rings is 1. The van der Waals surface area contributed by atoms with E-state index in [0.29, 0.717) is 5.76 Å². The molecule has 0 saturated heterocycles. The Balaban J connectivity index is 2.12. The van der Waals surface area contributed by atoms with Crippen molar-refractivity contribution < 1.29 is 35.9 Å². The van der Waals surface area contributed by atoms with Crippen LogP contribution >= 0.6 is 0 Å². The molecule has 0 aliphatic carbocycles. The van der Waals surface area contributed by atoms with Crippen LogP contribution in [0.5, 0.6) is 5.75 Å². The number of nitrogens with one attached hydrogen (secondary N) is 2. The molecule has 0 radical (unpaired) electrons. The number of halogens is 3. The third kappa shape index (κ3) is 5.29. The quantitative estimate of drug-likeness (QED) is 0.499. The van der Waals surface area contributed by atoms with E-state index in [1.807, 2.05) is 0 Å². The van der Waals surface area contributed by atoms with Crippen LogP contribution in [0.1, 0.15) is 41.6 Å².